The maximum Gasteiger partial charge on any atom is 0.332 e. The van der Waals surface area contributed by atoms with Crippen molar-refractivity contribution >= 4 is 17.2 Å². The fraction of sp³-hybridized carbons (Fsp3) is 0.333. The average molecular weight is 325 g/mol. The van der Waals surface area contributed by atoms with E-state index in [-0.39, 0.29) is 11.2 Å². The van der Waals surface area contributed by atoms with E-state index in [1.807, 2.05) is 43.3 Å². The van der Waals surface area contributed by atoms with Crippen molar-refractivity contribution in [3.8, 4) is 11.3 Å². The lowest BCUT2D eigenvalue weighted by Crippen LogP contribution is -2.29. The standard InChI is InChI=1S/C18H23N5O/c1-18(2,3)21-16-15(12-6-8-13(9-7-12)22(4)5)20-14-10-11-19-17(24)23(14)16/h6-11,21H,1-5H3,(H,19,24). The van der Waals surface area contributed by atoms with Crippen LogP contribution in [0.15, 0.2) is 41.3 Å². The van der Waals surface area contributed by atoms with E-state index in [4.69, 9.17) is 0 Å². The first-order valence-electron chi connectivity index (χ1n) is 7.92. The van der Waals surface area contributed by atoms with Crippen LogP contribution in [0.3, 0.4) is 0 Å². The number of aromatic nitrogens is 3. The number of imidazole rings is 1. The summed E-state index contributed by atoms with van der Waals surface area (Å²) in [7, 11) is 4.01. The van der Waals surface area contributed by atoms with Crippen molar-refractivity contribution in [2.75, 3.05) is 24.3 Å². The Morgan fingerprint density at radius 2 is 1.79 bits per heavy atom. The largest absolute Gasteiger partial charge is 0.378 e. The molecule has 0 bridgehead atoms. The molecule has 0 radical (unpaired) electrons. The second-order valence-electron chi connectivity index (χ2n) is 7.10. The number of H-pyrrole nitrogens is 1. The predicted molar refractivity (Wildman–Crippen MR) is 99.0 cm³/mol. The van der Waals surface area contributed by atoms with Crippen molar-refractivity contribution in [2.24, 2.45) is 0 Å². The number of anilines is 2. The molecule has 0 unspecified atom stereocenters. The maximum absolute atomic E-state index is 12.3. The van der Waals surface area contributed by atoms with Gasteiger partial charge in [0.1, 0.15) is 17.2 Å². The quantitative estimate of drug-likeness (QED) is 0.777. The van der Waals surface area contributed by atoms with Gasteiger partial charge in [-0.25, -0.2) is 14.2 Å². The fourth-order valence-electron chi connectivity index (χ4n) is 2.60. The molecule has 1 aromatic carbocycles. The van der Waals surface area contributed by atoms with E-state index in [1.54, 1.807) is 16.7 Å². The number of hydrogen-bond acceptors (Lipinski definition) is 4. The van der Waals surface area contributed by atoms with Gasteiger partial charge in [0.15, 0.2) is 0 Å². The van der Waals surface area contributed by atoms with Gasteiger partial charge >= 0.3 is 5.69 Å². The zero-order valence-corrected chi connectivity index (χ0v) is 14.7. The Hall–Kier alpha value is -2.76. The van der Waals surface area contributed by atoms with E-state index in [0.717, 1.165) is 16.9 Å². The molecule has 6 heteroatoms. The first-order chi connectivity index (χ1) is 11.3. The Bertz CT molecular complexity index is 913. The highest BCUT2D eigenvalue weighted by Gasteiger charge is 2.20. The molecule has 0 saturated heterocycles. The number of nitrogens with zero attached hydrogens (tertiary/aromatic N) is 3. The molecule has 3 aromatic rings. The summed E-state index contributed by atoms with van der Waals surface area (Å²) >= 11 is 0. The van der Waals surface area contributed by atoms with Gasteiger partial charge in [0, 0.05) is 37.1 Å². The van der Waals surface area contributed by atoms with Gasteiger partial charge in [-0.05, 0) is 39.0 Å². The molecule has 24 heavy (non-hydrogen) atoms. The smallest absolute Gasteiger partial charge is 0.332 e. The maximum atomic E-state index is 12.3. The monoisotopic (exact) mass is 325 g/mol. The summed E-state index contributed by atoms with van der Waals surface area (Å²) in [4.78, 5) is 21.7. The van der Waals surface area contributed by atoms with Crippen LogP contribution in [0.25, 0.3) is 16.9 Å². The molecule has 0 atom stereocenters. The first-order valence-corrected chi connectivity index (χ1v) is 7.92. The number of benzene rings is 1. The van der Waals surface area contributed by atoms with E-state index in [0.29, 0.717) is 11.5 Å². The van der Waals surface area contributed by atoms with Crippen LogP contribution in [0.4, 0.5) is 11.5 Å². The van der Waals surface area contributed by atoms with Gasteiger partial charge in [0.2, 0.25) is 0 Å². The molecule has 126 valence electrons. The summed E-state index contributed by atoms with van der Waals surface area (Å²) in [6.07, 6.45) is 1.62. The second-order valence-corrected chi connectivity index (χ2v) is 7.10. The molecule has 6 nitrogen and oxygen atoms in total. The Morgan fingerprint density at radius 3 is 2.38 bits per heavy atom. The van der Waals surface area contributed by atoms with Crippen LogP contribution in [0.5, 0.6) is 0 Å². The van der Waals surface area contributed by atoms with Crippen LogP contribution in [0.1, 0.15) is 20.8 Å². The SMILES string of the molecule is CN(C)c1ccc(-c2nc3cc[nH]c(=O)n3c2NC(C)(C)C)cc1. The summed E-state index contributed by atoms with van der Waals surface area (Å²) in [5, 5.41) is 3.42. The molecule has 0 aliphatic rings. The molecule has 2 heterocycles. The minimum atomic E-state index is -0.206. The van der Waals surface area contributed by atoms with Crippen LogP contribution < -0.4 is 15.9 Å². The van der Waals surface area contributed by atoms with Gasteiger partial charge in [0.25, 0.3) is 0 Å². The van der Waals surface area contributed by atoms with E-state index < -0.39 is 0 Å². The van der Waals surface area contributed by atoms with Gasteiger partial charge in [0.05, 0.1) is 0 Å². The van der Waals surface area contributed by atoms with Crippen molar-refractivity contribution in [1.82, 2.24) is 14.4 Å². The van der Waals surface area contributed by atoms with Crippen molar-refractivity contribution in [3.05, 3.63) is 47.0 Å². The number of aromatic amines is 1. The summed E-state index contributed by atoms with van der Waals surface area (Å²) in [5.41, 5.74) is 3.07. The van der Waals surface area contributed by atoms with Crippen molar-refractivity contribution < 1.29 is 0 Å². The highest BCUT2D eigenvalue weighted by Crippen LogP contribution is 2.30. The first kappa shape index (κ1) is 16.1. The van der Waals surface area contributed by atoms with Crippen molar-refractivity contribution in [3.63, 3.8) is 0 Å². The summed E-state index contributed by atoms with van der Waals surface area (Å²) in [5.74, 6) is 0.706. The summed E-state index contributed by atoms with van der Waals surface area (Å²) in [6, 6.07) is 9.94. The van der Waals surface area contributed by atoms with Crippen LogP contribution in [0.2, 0.25) is 0 Å². The molecule has 0 aliphatic carbocycles. The Labute approximate surface area is 141 Å². The van der Waals surface area contributed by atoms with Gasteiger partial charge in [-0.3, -0.25) is 0 Å². The molecule has 2 N–H and O–H groups in total. The zero-order chi connectivity index (χ0) is 17.5. The van der Waals surface area contributed by atoms with Gasteiger partial charge in [-0.15, -0.1) is 0 Å². The third kappa shape index (κ3) is 2.99. The highest BCUT2D eigenvalue weighted by molar-refractivity contribution is 5.77. The Kier molecular flexibility index (Phi) is 3.83. The fourth-order valence-corrected chi connectivity index (χ4v) is 2.60. The van der Waals surface area contributed by atoms with Gasteiger partial charge in [-0.2, -0.15) is 0 Å². The minimum absolute atomic E-state index is 0.198. The molecule has 0 fully saturated rings. The Balaban J connectivity index is 2.21. The Morgan fingerprint density at radius 1 is 1.12 bits per heavy atom. The topological polar surface area (TPSA) is 65.4 Å². The number of hydrogen-bond donors (Lipinski definition) is 2. The lowest BCUT2D eigenvalue weighted by molar-refractivity contribution is 0.628. The van der Waals surface area contributed by atoms with Crippen molar-refractivity contribution in [1.29, 1.82) is 0 Å². The molecular weight excluding hydrogens is 302 g/mol. The third-order valence-electron chi connectivity index (χ3n) is 3.70. The van der Waals surface area contributed by atoms with Gasteiger partial charge in [-0.1, -0.05) is 12.1 Å². The van der Waals surface area contributed by atoms with E-state index in [2.05, 4.69) is 36.1 Å². The third-order valence-corrected chi connectivity index (χ3v) is 3.70. The van der Waals surface area contributed by atoms with E-state index in [9.17, 15) is 4.79 Å². The lowest BCUT2D eigenvalue weighted by Gasteiger charge is -2.22. The van der Waals surface area contributed by atoms with Crippen LogP contribution in [-0.2, 0) is 0 Å². The number of nitrogens with one attached hydrogen (secondary N) is 2. The summed E-state index contributed by atoms with van der Waals surface area (Å²) < 4.78 is 1.58. The molecule has 0 spiro atoms. The molecule has 0 aliphatic heterocycles. The molecule has 0 saturated carbocycles. The number of fused-ring (bicyclic) bond motifs is 1. The molecule has 2 aromatic heterocycles. The van der Waals surface area contributed by atoms with Gasteiger partial charge < -0.3 is 15.2 Å². The zero-order valence-electron chi connectivity index (χ0n) is 14.7. The van der Waals surface area contributed by atoms with Crippen molar-refractivity contribution in [2.45, 2.75) is 26.3 Å². The minimum Gasteiger partial charge on any atom is -0.378 e. The van der Waals surface area contributed by atoms with E-state index >= 15 is 0 Å². The average Bonchev–Trinajstić information content (AvgIpc) is 2.85. The second kappa shape index (κ2) is 5.70. The van der Waals surface area contributed by atoms with E-state index in [1.165, 1.54) is 0 Å². The lowest BCUT2D eigenvalue weighted by atomic mass is 10.1. The van der Waals surface area contributed by atoms with Crippen LogP contribution >= 0.6 is 0 Å². The molecule has 3 rings (SSSR count). The molecular formula is C18H23N5O. The highest BCUT2D eigenvalue weighted by atomic mass is 16.1. The predicted octanol–water partition coefficient (Wildman–Crippen LogP) is 2.97. The number of rotatable bonds is 3. The van der Waals surface area contributed by atoms with Crippen LogP contribution in [0, 0.1) is 0 Å². The molecule has 0 amide bonds. The normalized spacial score (nSPS) is 11.7. The summed E-state index contributed by atoms with van der Waals surface area (Å²) in [6.45, 7) is 6.17. The van der Waals surface area contributed by atoms with Crippen LogP contribution in [-0.4, -0.2) is 34.0 Å².